The summed E-state index contributed by atoms with van der Waals surface area (Å²) in [6.45, 7) is 0. The van der Waals surface area contributed by atoms with E-state index in [1.165, 1.54) is 6.07 Å². The second-order valence-corrected chi connectivity index (χ2v) is 6.33. The van der Waals surface area contributed by atoms with E-state index in [-0.39, 0.29) is 5.82 Å². The summed E-state index contributed by atoms with van der Waals surface area (Å²) < 4.78 is 14.8. The molecule has 3 aromatic carbocycles. The number of anilines is 3. The van der Waals surface area contributed by atoms with Gasteiger partial charge in [0, 0.05) is 21.6 Å². The monoisotopic (exact) mass is 408 g/mol. The maximum absolute atomic E-state index is 13.4. The van der Waals surface area contributed by atoms with Crippen molar-refractivity contribution in [3.8, 4) is 0 Å². The number of nitrogens with two attached hydrogens (primary N) is 1. The van der Waals surface area contributed by atoms with Crippen LogP contribution in [-0.2, 0) is 0 Å². The van der Waals surface area contributed by atoms with E-state index in [0.29, 0.717) is 15.8 Å². The molecule has 0 fully saturated rings. The molecule has 0 bridgehead atoms. The van der Waals surface area contributed by atoms with E-state index in [1.807, 2.05) is 36.4 Å². The zero-order valence-electron chi connectivity index (χ0n) is 10.8. The number of rotatable bonds is 2. The second-order valence-electron chi connectivity index (χ2n) is 4.62. The van der Waals surface area contributed by atoms with Gasteiger partial charge in [-0.1, -0.05) is 40.2 Å². The van der Waals surface area contributed by atoms with E-state index >= 15 is 0 Å². The Morgan fingerprint density at radius 3 is 2.33 bits per heavy atom. The van der Waals surface area contributed by atoms with Gasteiger partial charge in [0.25, 0.3) is 0 Å². The van der Waals surface area contributed by atoms with Crippen LogP contribution in [0.15, 0.2) is 57.5 Å². The molecular formula is C16H11Br2FN2. The van der Waals surface area contributed by atoms with Crippen molar-refractivity contribution in [3.63, 3.8) is 0 Å². The van der Waals surface area contributed by atoms with E-state index in [1.54, 1.807) is 6.07 Å². The number of benzene rings is 3. The molecule has 0 heterocycles. The third kappa shape index (κ3) is 2.76. The van der Waals surface area contributed by atoms with Crippen LogP contribution in [0.1, 0.15) is 0 Å². The SMILES string of the molecule is Nc1cc(F)c(Br)cc1Nc1ccc(Br)c2ccccc12. The zero-order chi connectivity index (χ0) is 15.0. The standard InChI is InChI=1S/C16H11Br2FN2/c17-11-5-6-15(10-4-2-1-3-9(10)11)21-16-7-12(18)13(19)8-14(16)20/h1-8,21H,20H2. The minimum absolute atomic E-state index is 0.364. The molecule has 2 nitrogen and oxygen atoms in total. The van der Waals surface area contributed by atoms with Gasteiger partial charge in [0.05, 0.1) is 15.8 Å². The van der Waals surface area contributed by atoms with E-state index < -0.39 is 0 Å². The topological polar surface area (TPSA) is 38.0 Å². The second kappa shape index (κ2) is 5.66. The van der Waals surface area contributed by atoms with Crippen molar-refractivity contribution in [2.24, 2.45) is 0 Å². The van der Waals surface area contributed by atoms with Crippen molar-refractivity contribution in [2.45, 2.75) is 0 Å². The Kier molecular flexibility index (Phi) is 3.87. The molecule has 3 aromatic rings. The summed E-state index contributed by atoms with van der Waals surface area (Å²) in [5.41, 5.74) is 7.82. The van der Waals surface area contributed by atoms with Crippen LogP contribution >= 0.6 is 31.9 Å². The highest BCUT2D eigenvalue weighted by Gasteiger charge is 2.09. The first-order valence-electron chi connectivity index (χ1n) is 6.25. The quantitative estimate of drug-likeness (QED) is 0.522. The van der Waals surface area contributed by atoms with Gasteiger partial charge in [-0.25, -0.2) is 4.39 Å². The average molecular weight is 410 g/mol. The van der Waals surface area contributed by atoms with Gasteiger partial charge in [0.1, 0.15) is 5.82 Å². The Bertz CT molecular complexity index is 834. The molecule has 0 atom stereocenters. The molecule has 0 aliphatic rings. The smallest absolute Gasteiger partial charge is 0.139 e. The van der Waals surface area contributed by atoms with E-state index in [2.05, 4.69) is 37.2 Å². The highest BCUT2D eigenvalue weighted by molar-refractivity contribution is 9.11. The summed E-state index contributed by atoms with van der Waals surface area (Å²) in [5, 5.41) is 5.43. The van der Waals surface area contributed by atoms with Crippen LogP contribution in [0.5, 0.6) is 0 Å². The highest BCUT2D eigenvalue weighted by atomic mass is 79.9. The lowest BCUT2D eigenvalue weighted by Gasteiger charge is -2.13. The number of hydrogen-bond acceptors (Lipinski definition) is 2. The van der Waals surface area contributed by atoms with Gasteiger partial charge < -0.3 is 11.1 Å². The number of nitrogen functional groups attached to an aromatic ring is 1. The third-order valence-corrected chi connectivity index (χ3v) is 4.53. The van der Waals surface area contributed by atoms with Crippen LogP contribution < -0.4 is 11.1 Å². The Morgan fingerprint density at radius 1 is 0.857 bits per heavy atom. The van der Waals surface area contributed by atoms with Gasteiger partial charge >= 0.3 is 0 Å². The molecule has 0 saturated carbocycles. The summed E-state index contributed by atoms with van der Waals surface area (Å²) in [6, 6.07) is 14.9. The molecule has 3 N–H and O–H groups in total. The van der Waals surface area contributed by atoms with Gasteiger partial charge in [0.15, 0.2) is 0 Å². The maximum Gasteiger partial charge on any atom is 0.139 e. The fourth-order valence-electron chi connectivity index (χ4n) is 2.19. The molecule has 0 spiro atoms. The van der Waals surface area contributed by atoms with Crippen LogP contribution in [-0.4, -0.2) is 0 Å². The molecule has 0 aromatic heterocycles. The van der Waals surface area contributed by atoms with Crippen LogP contribution in [0.2, 0.25) is 0 Å². The van der Waals surface area contributed by atoms with Crippen LogP contribution in [0.4, 0.5) is 21.5 Å². The van der Waals surface area contributed by atoms with Crippen molar-refractivity contribution in [1.82, 2.24) is 0 Å². The van der Waals surface area contributed by atoms with Crippen molar-refractivity contribution in [2.75, 3.05) is 11.1 Å². The Labute approximate surface area is 138 Å². The van der Waals surface area contributed by atoms with Crippen LogP contribution in [0.25, 0.3) is 10.8 Å². The number of nitrogens with one attached hydrogen (secondary N) is 1. The molecule has 5 heteroatoms. The Morgan fingerprint density at radius 2 is 1.57 bits per heavy atom. The first-order chi connectivity index (χ1) is 10.1. The minimum Gasteiger partial charge on any atom is -0.397 e. The summed E-state index contributed by atoms with van der Waals surface area (Å²) in [5.74, 6) is -0.376. The van der Waals surface area contributed by atoms with Crippen molar-refractivity contribution in [3.05, 3.63) is 63.3 Å². The Hall–Kier alpha value is -1.59. The van der Waals surface area contributed by atoms with Crippen molar-refractivity contribution in [1.29, 1.82) is 0 Å². The maximum atomic E-state index is 13.4. The van der Waals surface area contributed by atoms with E-state index in [0.717, 1.165) is 20.9 Å². The zero-order valence-corrected chi connectivity index (χ0v) is 14.0. The molecule has 3 rings (SSSR count). The fraction of sp³-hybridized carbons (Fsp3) is 0. The highest BCUT2D eigenvalue weighted by Crippen LogP contribution is 2.34. The largest absolute Gasteiger partial charge is 0.397 e. The average Bonchev–Trinajstić information content (AvgIpc) is 2.48. The summed E-state index contributed by atoms with van der Waals surface area (Å²) in [6.07, 6.45) is 0. The first-order valence-corrected chi connectivity index (χ1v) is 7.83. The third-order valence-electron chi connectivity index (χ3n) is 3.23. The van der Waals surface area contributed by atoms with Gasteiger partial charge in [0.2, 0.25) is 0 Å². The fourth-order valence-corrected chi connectivity index (χ4v) is 3.01. The minimum atomic E-state index is -0.376. The van der Waals surface area contributed by atoms with Crippen LogP contribution in [0.3, 0.4) is 0 Å². The van der Waals surface area contributed by atoms with Gasteiger partial charge in [-0.3, -0.25) is 0 Å². The molecule has 0 unspecified atom stereocenters. The van der Waals surface area contributed by atoms with E-state index in [9.17, 15) is 4.39 Å². The Balaban J connectivity index is 2.11. The normalized spacial score (nSPS) is 10.8. The first kappa shape index (κ1) is 14.4. The summed E-state index contributed by atoms with van der Waals surface area (Å²) >= 11 is 6.72. The van der Waals surface area contributed by atoms with Gasteiger partial charge in [-0.2, -0.15) is 0 Å². The van der Waals surface area contributed by atoms with E-state index in [4.69, 9.17) is 5.73 Å². The molecule has 106 valence electrons. The van der Waals surface area contributed by atoms with Crippen LogP contribution in [0, 0.1) is 5.82 Å². The molecule has 0 amide bonds. The molecule has 0 saturated heterocycles. The number of hydrogen-bond donors (Lipinski definition) is 2. The molecule has 0 aliphatic carbocycles. The lowest BCUT2D eigenvalue weighted by Crippen LogP contribution is -1.98. The summed E-state index contributed by atoms with van der Waals surface area (Å²) in [7, 11) is 0. The predicted octanol–water partition coefficient (Wildman–Crippen LogP) is 5.83. The summed E-state index contributed by atoms with van der Waals surface area (Å²) in [4.78, 5) is 0. The van der Waals surface area contributed by atoms with Crippen molar-refractivity contribution < 1.29 is 4.39 Å². The van der Waals surface area contributed by atoms with Gasteiger partial charge in [-0.05, 0) is 39.5 Å². The van der Waals surface area contributed by atoms with Gasteiger partial charge in [-0.15, -0.1) is 0 Å². The predicted molar refractivity (Wildman–Crippen MR) is 93.4 cm³/mol. The molecule has 0 aliphatic heterocycles. The number of fused-ring (bicyclic) bond motifs is 1. The number of halogens is 3. The molecular weight excluding hydrogens is 399 g/mol. The van der Waals surface area contributed by atoms with Crippen molar-refractivity contribution >= 4 is 59.7 Å². The molecule has 21 heavy (non-hydrogen) atoms. The lowest BCUT2D eigenvalue weighted by atomic mass is 10.1. The molecule has 0 radical (unpaired) electrons. The lowest BCUT2D eigenvalue weighted by molar-refractivity contribution is 0.622.